The van der Waals surface area contributed by atoms with Gasteiger partial charge in [0.1, 0.15) is 6.61 Å². The molecule has 0 aromatic heterocycles. The molecule has 1 aliphatic carbocycles. The van der Waals surface area contributed by atoms with Crippen LogP contribution in [-0.2, 0) is 14.3 Å². The van der Waals surface area contributed by atoms with Crippen LogP contribution in [0.5, 0.6) is 0 Å². The number of amides is 1. The molecule has 0 aliphatic heterocycles. The van der Waals surface area contributed by atoms with Crippen LogP contribution in [0, 0.1) is 0 Å². The number of nitrogens with zero attached hydrogens (tertiary/aromatic N) is 1. The summed E-state index contributed by atoms with van der Waals surface area (Å²) in [6.07, 6.45) is 4.54. The fourth-order valence-electron chi connectivity index (χ4n) is 2.10. The second-order valence-electron chi connectivity index (χ2n) is 4.10. The molecule has 0 aromatic carbocycles. The zero-order valence-electron chi connectivity index (χ0n) is 9.86. The lowest BCUT2D eigenvalue weighted by molar-refractivity contribution is -0.137. The van der Waals surface area contributed by atoms with Gasteiger partial charge in [0.2, 0.25) is 5.91 Å². The lowest BCUT2D eigenvalue weighted by atomic mass is 9.92. The first-order valence-electron chi connectivity index (χ1n) is 5.46. The largest absolute Gasteiger partial charge is 0.381 e. The van der Waals surface area contributed by atoms with E-state index in [1.165, 1.54) is 0 Å². The molecule has 88 valence electrons. The Morgan fingerprint density at radius 2 is 1.87 bits per heavy atom. The van der Waals surface area contributed by atoms with Gasteiger partial charge in [-0.3, -0.25) is 4.79 Å². The third-order valence-electron chi connectivity index (χ3n) is 3.19. The molecule has 0 atom stereocenters. The predicted molar refractivity (Wildman–Crippen MR) is 57.7 cm³/mol. The molecule has 0 N–H and O–H groups in total. The van der Waals surface area contributed by atoms with E-state index >= 15 is 0 Å². The Hall–Kier alpha value is -0.610. The Morgan fingerprint density at radius 1 is 1.27 bits per heavy atom. The smallest absolute Gasteiger partial charge is 0.248 e. The third-order valence-corrected chi connectivity index (χ3v) is 3.19. The molecule has 4 nitrogen and oxygen atoms in total. The fourth-order valence-corrected chi connectivity index (χ4v) is 2.10. The summed E-state index contributed by atoms with van der Waals surface area (Å²) in [4.78, 5) is 13.4. The fraction of sp³-hybridized carbons (Fsp3) is 0.909. The predicted octanol–water partition coefficient (Wildman–Crippen LogP) is 1.05. The van der Waals surface area contributed by atoms with Gasteiger partial charge in [0.15, 0.2) is 0 Å². The van der Waals surface area contributed by atoms with E-state index in [9.17, 15) is 4.79 Å². The molecule has 0 spiro atoms. The average molecular weight is 215 g/mol. The molecular weight excluding hydrogens is 194 g/mol. The van der Waals surface area contributed by atoms with Gasteiger partial charge in [-0.1, -0.05) is 0 Å². The van der Waals surface area contributed by atoms with Crippen molar-refractivity contribution in [3.05, 3.63) is 0 Å². The van der Waals surface area contributed by atoms with Crippen molar-refractivity contribution in [3.63, 3.8) is 0 Å². The molecule has 0 heterocycles. The van der Waals surface area contributed by atoms with Crippen LogP contribution in [0.25, 0.3) is 0 Å². The number of likely N-dealkylation sites (N-methyl/N-ethyl adjacent to an activating group) is 1. The summed E-state index contributed by atoms with van der Waals surface area (Å²) >= 11 is 0. The van der Waals surface area contributed by atoms with Gasteiger partial charge in [-0.15, -0.1) is 0 Å². The standard InChI is InChI=1S/C11H21NO3/c1-12(11(13)8-14-2)9-4-6-10(15-3)7-5-9/h9-10H,4-8H2,1-3H3/t9-,10-. The summed E-state index contributed by atoms with van der Waals surface area (Å²) in [5, 5.41) is 0. The Balaban J connectivity index is 2.35. The quantitative estimate of drug-likeness (QED) is 0.703. The van der Waals surface area contributed by atoms with E-state index in [0.29, 0.717) is 12.1 Å². The summed E-state index contributed by atoms with van der Waals surface area (Å²) < 4.78 is 10.1. The van der Waals surface area contributed by atoms with Crippen LogP contribution in [0.15, 0.2) is 0 Å². The second-order valence-corrected chi connectivity index (χ2v) is 4.10. The zero-order valence-corrected chi connectivity index (χ0v) is 9.86. The van der Waals surface area contributed by atoms with Gasteiger partial charge >= 0.3 is 0 Å². The molecule has 1 rings (SSSR count). The highest BCUT2D eigenvalue weighted by Gasteiger charge is 2.26. The van der Waals surface area contributed by atoms with Crippen LogP contribution >= 0.6 is 0 Å². The number of hydrogen-bond acceptors (Lipinski definition) is 3. The van der Waals surface area contributed by atoms with Crippen LogP contribution in [0.2, 0.25) is 0 Å². The highest BCUT2D eigenvalue weighted by Crippen LogP contribution is 2.23. The van der Waals surface area contributed by atoms with Gasteiger partial charge < -0.3 is 14.4 Å². The number of carbonyl (C=O) groups excluding carboxylic acids is 1. The lowest BCUT2D eigenvalue weighted by Crippen LogP contribution is -2.42. The summed E-state index contributed by atoms with van der Waals surface area (Å²) in [5.74, 6) is 0.0679. The van der Waals surface area contributed by atoms with Crippen molar-refractivity contribution < 1.29 is 14.3 Å². The lowest BCUT2D eigenvalue weighted by Gasteiger charge is -2.34. The molecule has 4 heteroatoms. The van der Waals surface area contributed by atoms with E-state index in [4.69, 9.17) is 9.47 Å². The van der Waals surface area contributed by atoms with E-state index in [1.54, 1.807) is 14.2 Å². The topological polar surface area (TPSA) is 38.8 Å². The molecule has 0 aromatic rings. The van der Waals surface area contributed by atoms with Crippen molar-refractivity contribution in [3.8, 4) is 0 Å². The SMILES string of the molecule is COCC(=O)N(C)[C@H]1CC[C@H](OC)CC1. The van der Waals surface area contributed by atoms with E-state index in [2.05, 4.69) is 0 Å². The number of carbonyl (C=O) groups is 1. The monoisotopic (exact) mass is 215 g/mol. The Labute approximate surface area is 91.5 Å². The Kier molecular flexibility index (Phi) is 5.05. The molecule has 1 saturated carbocycles. The number of rotatable bonds is 4. The van der Waals surface area contributed by atoms with Crippen molar-refractivity contribution in [2.24, 2.45) is 0 Å². The van der Waals surface area contributed by atoms with Gasteiger partial charge in [0, 0.05) is 27.3 Å². The first kappa shape index (κ1) is 12.5. The first-order valence-corrected chi connectivity index (χ1v) is 5.46. The van der Waals surface area contributed by atoms with Crippen LogP contribution < -0.4 is 0 Å². The maximum Gasteiger partial charge on any atom is 0.248 e. The van der Waals surface area contributed by atoms with Crippen LogP contribution in [0.1, 0.15) is 25.7 Å². The minimum absolute atomic E-state index is 0.0679. The van der Waals surface area contributed by atoms with Gasteiger partial charge in [-0.2, -0.15) is 0 Å². The number of ether oxygens (including phenoxy) is 2. The van der Waals surface area contributed by atoms with Gasteiger partial charge in [-0.05, 0) is 25.7 Å². The van der Waals surface area contributed by atoms with Crippen molar-refractivity contribution >= 4 is 5.91 Å². The molecule has 0 radical (unpaired) electrons. The van der Waals surface area contributed by atoms with Crippen molar-refractivity contribution in [1.29, 1.82) is 0 Å². The maximum absolute atomic E-state index is 11.6. The summed E-state index contributed by atoms with van der Waals surface area (Å²) in [6, 6.07) is 0.360. The summed E-state index contributed by atoms with van der Waals surface area (Å²) in [5.41, 5.74) is 0. The van der Waals surface area contributed by atoms with Crippen LogP contribution in [0.4, 0.5) is 0 Å². The maximum atomic E-state index is 11.6. The Bertz CT molecular complexity index is 200. The second kappa shape index (κ2) is 6.08. The van der Waals surface area contributed by atoms with Gasteiger partial charge in [-0.25, -0.2) is 0 Å². The molecule has 1 fully saturated rings. The minimum atomic E-state index is 0.0679. The molecule has 1 aliphatic rings. The van der Waals surface area contributed by atoms with E-state index in [1.807, 2.05) is 11.9 Å². The van der Waals surface area contributed by atoms with Crippen LogP contribution in [0.3, 0.4) is 0 Å². The van der Waals surface area contributed by atoms with Crippen molar-refractivity contribution in [2.45, 2.75) is 37.8 Å². The molecule has 0 unspecified atom stereocenters. The van der Waals surface area contributed by atoms with E-state index in [0.717, 1.165) is 25.7 Å². The minimum Gasteiger partial charge on any atom is -0.381 e. The van der Waals surface area contributed by atoms with Gasteiger partial charge in [0.05, 0.1) is 6.10 Å². The van der Waals surface area contributed by atoms with Crippen LogP contribution in [-0.4, -0.2) is 50.8 Å². The summed E-state index contributed by atoms with van der Waals surface area (Å²) in [6.45, 7) is 0.181. The highest BCUT2D eigenvalue weighted by atomic mass is 16.5. The van der Waals surface area contributed by atoms with Crippen molar-refractivity contribution in [1.82, 2.24) is 4.90 Å². The first-order chi connectivity index (χ1) is 7.19. The highest BCUT2D eigenvalue weighted by molar-refractivity contribution is 5.77. The van der Waals surface area contributed by atoms with Gasteiger partial charge in [0.25, 0.3) is 0 Å². The third kappa shape index (κ3) is 3.47. The molecular formula is C11H21NO3. The average Bonchev–Trinajstić information content (AvgIpc) is 2.28. The number of methoxy groups -OCH3 is 2. The molecule has 0 saturated heterocycles. The van der Waals surface area contributed by atoms with E-state index < -0.39 is 0 Å². The zero-order chi connectivity index (χ0) is 11.3. The van der Waals surface area contributed by atoms with E-state index in [-0.39, 0.29) is 12.5 Å². The number of hydrogen-bond donors (Lipinski definition) is 0. The summed E-state index contributed by atoms with van der Waals surface area (Å²) in [7, 11) is 5.16. The van der Waals surface area contributed by atoms with Crippen molar-refractivity contribution in [2.75, 3.05) is 27.9 Å². The molecule has 15 heavy (non-hydrogen) atoms. The normalized spacial score (nSPS) is 26.3. The molecule has 0 bridgehead atoms. The Morgan fingerprint density at radius 3 is 2.33 bits per heavy atom. The molecule has 1 amide bonds.